The van der Waals surface area contributed by atoms with Crippen molar-refractivity contribution >= 4 is 17.5 Å². The van der Waals surface area contributed by atoms with Crippen LogP contribution < -0.4 is 10.2 Å². The summed E-state index contributed by atoms with van der Waals surface area (Å²) >= 11 is 0. The SMILES string of the molecule is CCN(Cc1ccccc1)c1ccc(C(=O)Nc2cc(C)on2)nn1. The summed E-state index contributed by atoms with van der Waals surface area (Å²) in [6.07, 6.45) is 0. The number of carbonyl (C=O) groups is 1. The first-order valence-electron chi connectivity index (χ1n) is 8.03. The average Bonchev–Trinajstić information content (AvgIpc) is 3.05. The lowest BCUT2D eigenvalue weighted by Crippen LogP contribution is -2.24. The van der Waals surface area contributed by atoms with E-state index in [2.05, 4.69) is 44.6 Å². The summed E-state index contributed by atoms with van der Waals surface area (Å²) in [7, 11) is 0. The van der Waals surface area contributed by atoms with Gasteiger partial charge in [-0.05, 0) is 31.5 Å². The number of anilines is 2. The Kier molecular flexibility index (Phi) is 5.03. The van der Waals surface area contributed by atoms with Crippen LogP contribution in [-0.2, 0) is 6.54 Å². The van der Waals surface area contributed by atoms with Gasteiger partial charge in [0.05, 0.1) is 0 Å². The maximum absolute atomic E-state index is 12.2. The van der Waals surface area contributed by atoms with Gasteiger partial charge in [-0.3, -0.25) is 4.79 Å². The smallest absolute Gasteiger partial charge is 0.277 e. The molecular formula is C18H19N5O2. The summed E-state index contributed by atoms with van der Waals surface area (Å²) < 4.78 is 4.92. The second-order valence-electron chi connectivity index (χ2n) is 5.55. The molecule has 3 aromatic rings. The number of benzene rings is 1. The molecule has 0 unspecified atom stereocenters. The van der Waals surface area contributed by atoms with Crippen LogP contribution >= 0.6 is 0 Å². The van der Waals surface area contributed by atoms with Gasteiger partial charge in [-0.15, -0.1) is 10.2 Å². The molecule has 0 fully saturated rings. The van der Waals surface area contributed by atoms with Gasteiger partial charge in [0.15, 0.2) is 17.3 Å². The third-order valence-corrected chi connectivity index (χ3v) is 3.67. The largest absolute Gasteiger partial charge is 0.360 e. The van der Waals surface area contributed by atoms with Crippen molar-refractivity contribution in [2.45, 2.75) is 20.4 Å². The van der Waals surface area contributed by atoms with Gasteiger partial charge >= 0.3 is 0 Å². The maximum Gasteiger partial charge on any atom is 0.277 e. The topological polar surface area (TPSA) is 84.2 Å². The maximum atomic E-state index is 12.2. The number of aromatic nitrogens is 3. The molecule has 7 nitrogen and oxygen atoms in total. The number of carbonyl (C=O) groups excluding carboxylic acids is 1. The Hall–Kier alpha value is -3.22. The van der Waals surface area contributed by atoms with Gasteiger partial charge < -0.3 is 14.7 Å². The molecular weight excluding hydrogens is 318 g/mol. The summed E-state index contributed by atoms with van der Waals surface area (Å²) in [5.74, 6) is 1.32. The number of hydrogen-bond acceptors (Lipinski definition) is 6. The molecule has 0 atom stereocenters. The minimum atomic E-state index is -0.376. The predicted molar refractivity (Wildman–Crippen MR) is 94.4 cm³/mol. The first-order valence-corrected chi connectivity index (χ1v) is 8.03. The van der Waals surface area contributed by atoms with Gasteiger partial charge in [-0.1, -0.05) is 35.5 Å². The van der Waals surface area contributed by atoms with E-state index in [1.54, 1.807) is 25.1 Å². The molecule has 0 aliphatic carbocycles. The fourth-order valence-corrected chi connectivity index (χ4v) is 2.38. The van der Waals surface area contributed by atoms with E-state index < -0.39 is 0 Å². The Morgan fingerprint density at radius 1 is 1.16 bits per heavy atom. The molecule has 0 aliphatic heterocycles. The molecule has 7 heteroatoms. The highest BCUT2D eigenvalue weighted by molar-refractivity contribution is 6.02. The number of rotatable bonds is 6. The second kappa shape index (κ2) is 7.57. The van der Waals surface area contributed by atoms with Crippen LogP contribution in [0, 0.1) is 6.92 Å². The standard InChI is InChI=1S/C18H19N5O2/c1-3-23(12-14-7-5-4-6-8-14)17-10-9-15(20-21-17)18(24)19-16-11-13(2)25-22-16/h4-11H,3,12H2,1-2H3,(H,19,22,24). The lowest BCUT2D eigenvalue weighted by molar-refractivity contribution is 0.102. The van der Waals surface area contributed by atoms with Crippen LogP contribution in [0.5, 0.6) is 0 Å². The van der Waals surface area contributed by atoms with Gasteiger partial charge in [-0.2, -0.15) is 0 Å². The number of aryl methyl sites for hydroxylation is 1. The number of hydrogen-bond donors (Lipinski definition) is 1. The Morgan fingerprint density at radius 2 is 1.96 bits per heavy atom. The molecule has 0 aliphatic rings. The van der Waals surface area contributed by atoms with Gasteiger partial charge in [0.1, 0.15) is 5.76 Å². The normalized spacial score (nSPS) is 10.5. The van der Waals surface area contributed by atoms with Crippen molar-refractivity contribution in [3.05, 3.63) is 65.5 Å². The first-order chi connectivity index (χ1) is 12.2. The zero-order valence-electron chi connectivity index (χ0n) is 14.1. The minimum absolute atomic E-state index is 0.222. The van der Waals surface area contributed by atoms with Gasteiger partial charge in [0.25, 0.3) is 5.91 Å². The zero-order valence-corrected chi connectivity index (χ0v) is 14.1. The van der Waals surface area contributed by atoms with Crippen LogP contribution in [0.25, 0.3) is 0 Å². The van der Waals surface area contributed by atoms with Crippen LogP contribution in [0.1, 0.15) is 28.7 Å². The van der Waals surface area contributed by atoms with E-state index in [9.17, 15) is 4.79 Å². The van der Waals surface area contributed by atoms with Crippen LogP contribution in [0.4, 0.5) is 11.6 Å². The Morgan fingerprint density at radius 3 is 2.56 bits per heavy atom. The second-order valence-corrected chi connectivity index (χ2v) is 5.55. The van der Waals surface area contributed by atoms with E-state index in [1.165, 1.54) is 5.56 Å². The molecule has 0 saturated carbocycles. The van der Waals surface area contributed by atoms with Crippen molar-refractivity contribution in [1.82, 2.24) is 15.4 Å². The minimum Gasteiger partial charge on any atom is -0.360 e. The summed E-state index contributed by atoms with van der Waals surface area (Å²) in [6, 6.07) is 15.2. The van der Waals surface area contributed by atoms with Crippen molar-refractivity contribution in [2.75, 3.05) is 16.8 Å². The van der Waals surface area contributed by atoms with Crippen molar-refractivity contribution in [2.24, 2.45) is 0 Å². The molecule has 1 amide bonds. The molecule has 0 saturated heterocycles. The van der Waals surface area contributed by atoms with Crippen molar-refractivity contribution in [3.8, 4) is 0 Å². The highest BCUT2D eigenvalue weighted by Crippen LogP contribution is 2.14. The first kappa shape index (κ1) is 16.6. The van der Waals surface area contributed by atoms with Crippen molar-refractivity contribution in [3.63, 3.8) is 0 Å². The lowest BCUT2D eigenvalue weighted by atomic mass is 10.2. The summed E-state index contributed by atoms with van der Waals surface area (Å²) in [5, 5.41) is 14.6. The van der Waals surface area contributed by atoms with E-state index in [0.717, 1.165) is 18.9 Å². The monoisotopic (exact) mass is 337 g/mol. The summed E-state index contributed by atoms with van der Waals surface area (Å²) in [5.41, 5.74) is 1.41. The van der Waals surface area contributed by atoms with Crippen LogP contribution in [0.2, 0.25) is 0 Å². The van der Waals surface area contributed by atoms with Gasteiger partial charge in [0.2, 0.25) is 0 Å². The quantitative estimate of drug-likeness (QED) is 0.744. The Bertz CT molecular complexity index is 830. The number of nitrogens with one attached hydrogen (secondary N) is 1. The molecule has 0 spiro atoms. The average molecular weight is 337 g/mol. The third kappa shape index (κ3) is 4.20. The molecule has 2 aromatic heterocycles. The van der Waals surface area contributed by atoms with Crippen LogP contribution in [-0.4, -0.2) is 27.8 Å². The summed E-state index contributed by atoms with van der Waals surface area (Å²) in [6.45, 7) is 5.32. The Balaban J connectivity index is 1.68. The fourth-order valence-electron chi connectivity index (χ4n) is 2.38. The van der Waals surface area contributed by atoms with Crippen LogP contribution in [0.3, 0.4) is 0 Å². The molecule has 1 aromatic carbocycles. The highest BCUT2D eigenvalue weighted by Gasteiger charge is 2.13. The van der Waals surface area contributed by atoms with Crippen molar-refractivity contribution < 1.29 is 9.32 Å². The zero-order chi connectivity index (χ0) is 17.6. The van der Waals surface area contributed by atoms with Crippen LogP contribution in [0.15, 0.2) is 53.1 Å². The van der Waals surface area contributed by atoms with Gasteiger partial charge in [-0.25, -0.2) is 0 Å². The third-order valence-electron chi connectivity index (χ3n) is 3.67. The molecule has 128 valence electrons. The molecule has 2 heterocycles. The lowest BCUT2D eigenvalue weighted by Gasteiger charge is -2.21. The number of amides is 1. The molecule has 0 radical (unpaired) electrons. The molecule has 25 heavy (non-hydrogen) atoms. The van der Waals surface area contributed by atoms with Crippen molar-refractivity contribution in [1.29, 1.82) is 0 Å². The summed E-state index contributed by atoms with van der Waals surface area (Å²) in [4.78, 5) is 14.2. The van der Waals surface area contributed by atoms with E-state index in [-0.39, 0.29) is 11.6 Å². The molecule has 3 rings (SSSR count). The van der Waals surface area contributed by atoms with E-state index in [1.807, 2.05) is 18.2 Å². The molecule has 0 bridgehead atoms. The Labute approximate surface area is 145 Å². The van der Waals surface area contributed by atoms with Gasteiger partial charge in [0, 0.05) is 19.2 Å². The van der Waals surface area contributed by atoms with E-state index >= 15 is 0 Å². The van der Waals surface area contributed by atoms with E-state index in [0.29, 0.717) is 11.6 Å². The van der Waals surface area contributed by atoms with E-state index in [4.69, 9.17) is 4.52 Å². The molecule has 1 N–H and O–H groups in total. The fraction of sp³-hybridized carbons (Fsp3) is 0.222. The number of nitrogens with zero attached hydrogens (tertiary/aromatic N) is 4. The highest BCUT2D eigenvalue weighted by atomic mass is 16.5. The predicted octanol–water partition coefficient (Wildman–Crippen LogP) is 3.05.